The molecule has 3 heteroatoms. The van der Waals surface area contributed by atoms with Crippen molar-refractivity contribution in [2.75, 3.05) is 0 Å². The molecule has 17 heavy (non-hydrogen) atoms. The van der Waals surface area contributed by atoms with Crippen molar-refractivity contribution in [1.82, 2.24) is 0 Å². The van der Waals surface area contributed by atoms with Crippen molar-refractivity contribution in [1.29, 1.82) is 0 Å². The van der Waals surface area contributed by atoms with Crippen LogP contribution < -0.4 is 0 Å². The van der Waals surface area contributed by atoms with E-state index in [2.05, 4.69) is 0 Å². The maximum Gasteiger partial charge on any atom is 0.252 e. The number of benzene rings is 1. The summed E-state index contributed by atoms with van der Waals surface area (Å²) in [5, 5.41) is -0.485. The fourth-order valence-corrected chi connectivity index (χ4v) is 2.87. The topological polar surface area (TPSA) is 34.1 Å². The van der Waals surface area contributed by atoms with E-state index in [4.69, 9.17) is 11.6 Å². The second kappa shape index (κ2) is 3.42. The van der Waals surface area contributed by atoms with Crippen LogP contribution in [0.15, 0.2) is 18.2 Å². The number of carbonyl (C=O) groups excluding carboxylic acids is 2. The summed E-state index contributed by atoms with van der Waals surface area (Å²) in [7, 11) is 0. The highest BCUT2D eigenvalue weighted by Crippen LogP contribution is 2.46. The zero-order valence-corrected chi connectivity index (χ0v) is 11.2. The summed E-state index contributed by atoms with van der Waals surface area (Å²) in [4.78, 5) is 23.5. The van der Waals surface area contributed by atoms with Crippen LogP contribution in [-0.2, 0) is 15.6 Å². The minimum Gasteiger partial charge on any atom is -0.298 e. The first-order chi connectivity index (χ1) is 7.69. The van der Waals surface area contributed by atoms with Gasteiger partial charge in [0.25, 0.3) is 5.24 Å². The Balaban J connectivity index is 2.73. The van der Waals surface area contributed by atoms with Crippen LogP contribution in [0.1, 0.15) is 49.2 Å². The number of rotatable bonds is 1. The van der Waals surface area contributed by atoms with Crippen molar-refractivity contribution in [2.24, 2.45) is 0 Å². The Kier molecular flexibility index (Phi) is 2.48. The van der Waals surface area contributed by atoms with Crippen molar-refractivity contribution >= 4 is 22.6 Å². The van der Waals surface area contributed by atoms with Crippen molar-refractivity contribution in [3.63, 3.8) is 0 Å². The van der Waals surface area contributed by atoms with Crippen LogP contribution in [-0.4, -0.2) is 11.0 Å². The molecule has 0 heterocycles. The van der Waals surface area contributed by atoms with Crippen LogP contribution in [0.25, 0.3) is 0 Å². The van der Waals surface area contributed by atoms with E-state index in [0.29, 0.717) is 5.56 Å². The smallest absolute Gasteiger partial charge is 0.252 e. The molecule has 0 aliphatic heterocycles. The number of hydrogen-bond acceptors (Lipinski definition) is 2. The molecule has 0 atom stereocenters. The molecule has 1 aromatic rings. The highest BCUT2D eigenvalue weighted by atomic mass is 35.5. The average molecular weight is 251 g/mol. The molecule has 1 aromatic carbocycles. The van der Waals surface area contributed by atoms with Gasteiger partial charge in [-0.3, -0.25) is 9.59 Å². The highest BCUT2D eigenvalue weighted by molar-refractivity contribution is 6.67. The Morgan fingerprint density at radius 1 is 1.06 bits per heavy atom. The van der Waals surface area contributed by atoms with E-state index in [-0.39, 0.29) is 5.78 Å². The molecular formula is C14H15ClO2. The van der Waals surface area contributed by atoms with Gasteiger partial charge < -0.3 is 0 Å². The molecule has 1 aliphatic rings. The molecule has 0 N–H and O–H groups in total. The third-order valence-corrected chi connectivity index (χ3v) is 3.95. The summed E-state index contributed by atoms with van der Waals surface area (Å²) in [6, 6.07) is 5.28. The number of Topliss-reactive ketones (excluding diaryl/α,β-unsaturated/α-hetero) is 1. The standard InChI is InChI=1S/C14H15ClO2/c1-13(2)9-6-5-8(11(15)16)7-10(9)14(3,4)12(13)17/h5-7H,1-4H3. The summed E-state index contributed by atoms with van der Waals surface area (Å²) in [6.45, 7) is 7.63. The van der Waals surface area contributed by atoms with Gasteiger partial charge in [-0.2, -0.15) is 0 Å². The van der Waals surface area contributed by atoms with Crippen LogP contribution in [0.5, 0.6) is 0 Å². The lowest BCUT2D eigenvalue weighted by atomic mass is 9.80. The normalized spacial score (nSPS) is 20.2. The molecule has 0 spiro atoms. The fourth-order valence-electron chi connectivity index (χ4n) is 2.75. The lowest BCUT2D eigenvalue weighted by Crippen LogP contribution is -2.33. The van der Waals surface area contributed by atoms with Gasteiger partial charge in [0, 0.05) is 16.4 Å². The van der Waals surface area contributed by atoms with Crippen molar-refractivity contribution < 1.29 is 9.59 Å². The van der Waals surface area contributed by atoms with Gasteiger partial charge in [-0.25, -0.2) is 0 Å². The van der Waals surface area contributed by atoms with Crippen LogP contribution in [0.2, 0.25) is 0 Å². The molecule has 1 aliphatic carbocycles. The second-order valence-corrected chi connectivity index (χ2v) is 5.96. The minimum absolute atomic E-state index is 0.180. The van der Waals surface area contributed by atoms with Gasteiger partial charge in [0.15, 0.2) is 5.78 Å². The Labute approximate surface area is 106 Å². The Hall–Kier alpha value is -1.15. The predicted octanol–water partition coefficient (Wildman–Crippen LogP) is 3.20. The van der Waals surface area contributed by atoms with E-state index in [9.17, 15) is 9.59 Å². The molecule has 2 nitrogen and oxygen atoms in total. The number of halogens is 1. The third-order valence-electron chi connectivity index (χ3n) is 3.73. The largest absolute Gasteiger partial charge is 0.298 e. The molecule has 0 bridgehead atoms. The summed E-state index contributed by atoms with van der Waals surface area (Å²) in [5.74, 6) is 0.180. The minimum atomic E-state index is -0.554. The summed E-state index contributed by atoms with van der Waals surface area (Å²) < 4.78 is 0. The molecule has 0 aromatic heterocycles. The maximum atomic E-state index is 12.4. The van der Waals surface area contributed by atoms with Gasteiger partial charge in [0.1, 0.15) is 0 Å². The van der Waals surface area contributed by atoms with Crippen LogP contribution in [0.3, 0.4) is 0 Å². The number of carbonyl (C=O) groups is 2. The van der Waals surface area contributed by atoms with E-state index >= 15 is 0 Å². The lowest BCUT2D eigenvalue weighted by Gasteiger charge is -2.21. The zero-order valence-electron chi connectivity index (χ0n) is 10.4. The Bertz CT molecular complexity index is 527. The maximum absolute atomic E-state index is 12.4. The highest BCUT2D eigenvalue weighted by Gasteiger charge is 2.50. The van der Waals surface area contributed by atoms with Crippen molar-refractivity contribution in [3.05, 3.63) is 34.9 Å². The second-order valence-electron chi connectivity index (χ2n) is 5.61. The average Bonchev–Trinajstić information content (AvgIpc) is 2.38. The quantitative estimate of drug-likeness (QED) is 0.718. The van der Waals surface area contributed by atoms with Gasteiger partial charge in [0.2, 0.25) is 0 Å². The number of hydrogen-bond donors (Lipinski definition) is 0. The Morgan fingerprint density at radius 3 is 2.12 bits per heavy atom. The van der Waals surface area contributed by atoms with Gasteiger partial charge in [-0.05, 0) is 62.6 Å². The van der Waals surface area contributed by atoms with Gasteiger partial charge in [0.05, 0.1) is 0 Å². The lowest BCUT2D eigenvalue weighted by molar-refractivity contribution is -0.126. The van der Waals surface area contributed by atoms with E-state index in [1.54, 1.807) is 12.1 Å². The molecule has 0 unspecified atom stereocenters. The molecule has 0 saturated heterocycles. The van der Waals surface area contributed by atoms with E-state index in [1.165, 1.54) is 0 Å². The van der Waals surface area contributed by atoms with Crippen LogP contribution in [0, 0.1) is 0 Å². The molecule has 0 saturated carbocycles. The zero-order chi connectivity index (χ0) is 13.0. The summed E-state index contributed by atoms with van der Waals surface area (Å²) >= 11 is 5.48. The first-order valence-electron chi connectivity index (χ1n) is 5.59. The monoisotopic (exact) mass is 250 g/mol. The van der Waals surface area contributed by atoms with E-state index < -0.39 is 16.1 Å². The SMILES string of the molecule is CC1(C)C(=O)C(C)(C)c2cc(C(=O)Cl)ccc21. The molecule has 90 valence electrons. The van der Waals surface area contributed by atoms with Gasteiger partial charge in [-0.15, -0.1) is 0 Å². The predicted molar refractivity (Wildman–Crippen MR) is 67.7 cm³/mol. The molecule has 0 fully saturated rings. The number of fused-ring (bicyclic) bond motifs is 1. The first kappa shape index (κ1) is 12.3. The van der Waals surface area contributed by atoms with Crippen LogP contribution in [0.4, 0.5) is 0 Å². The third kappa shape index (κ3) is 1.54. The first-order valence-corrected chi connectivity index (χ1v) is 5.96. The summed E-state index contributed by atoms with van der Waals surface area (Å²) in [6.07, 6.45) is 0. The summed E-state index contributed by atoms with van der Waals surface area (Å²) in [5.41, 5.74) is 1.31. The Morgan fingerprint density at radius 2 is 1.59 bits per heavy atom. The van der Waals surface area contributed by atoms with Gasteiger partial charge in [-0.1, -0.05) is 6.07 Å². The van der Waals surface area contributed by atoms with E-state index in [0.717, 1.165) is 11.1 Å². The van der Waals surface area contributed by atoms with Gasteiger partial charge >= 0.3 is 0 Å². The molecule has 2 rings (SSSR count). The van der Waals surface area contributed by atoms with Crippen LogP contribution >= 0.6 is 11.6 Å². The van der Waals surface area contributed by atoms with Crippen molar-refractivity contribution in [2.45, 2.75) is 38.5 Å². The fraction of sp³-hybridized carbons (Fsp3) is 0.429. The number of ketones is 1. The molecule has 0 radical (unpaired) electrons. The van der Waals surface area contributed by atoms with Crippen molar-refractivity contribution in [3.8, 4) is 0 Å². The van der Waals surface area contributed by atoms with E-state index in [1.807, 2.05) is 33.8 Å². The molecular weight excluding hydrogens is 236 g/mol. The molecule has 0 amide bonds.